The zero-order chi connectivity index (χ0) is 18.1. The molecule has 26 heavy (non-hydrogen) atoms. The second kappa shape index (κ2) is 6.32. The maximum Gasteiger partial charge on any atom is 0.404 e. The van der Waals surface area contributed by atoms with Gasteiger partial charge >= 0.3 is 6.09 Å². The van der Waals surface area contributed by atoms with Crippen LogP contribution in [0.25, 0.3) is 27.9 Å². The van der Waals surface area contributed by atoms with Crippen molar-refractivity contribution in [2.24, 2.45) is 0 Å². The summed E-state index contributed by atoms with van der Waals surface area (Å²) in [6, 6.07) is 7.89. The van der Waals surface area contributed by atoms with Gasteiger partial charge in [0, 0.05) is 35.6 Å². The number of benzene rings is 1. The van der Waals surface area contributed by atoms with E-state index in [1.54, 1.807) is 10.7 Å². The van der Waals surface area contributed by atoms with Crippen molar-refractivity contribution in [3.05, 3.63) is 60.3 Å². The number of nitrogens with one attached hydrogen (secondary N) is 2. The standard InChI is InChI=1S/C18H16N6O2/c1-11-4-12(2-3-13(11)6-19-18(25)26)17-16-5-14(15-7-21-22-8-15)9-24(16)23-10-20-17/h2-5,7-10,19H,6H2,1H3,(H,21,22)(H,25,26). The van der Waals surface area contributed by atoms with Crippen LogP contribution in [0.5, 0.6) is 0 Å². The minimum absolute atomic E-state index is 0.274. The highest BCUT2D eigenvalue weighted by Crippen LogP contribution is 2.28. The third-order valence-corrected chi connectivity index (χ3v) is 4.28. The molecule has 0 radical (unpaired) electrons. The number of H-pyrrole nitrogens is 1. The number of nitrogens with zero attached hydrogens (tertiary/aromatic N) is 4. The number of hydrogen-bond donors (Lipinski definition) is 3. The van der Waals surface area contributed by atoms with E-state index in [9.17, 15) is 4.79 Å². The van der Waals surface area contributed by atoms with Crippen molar-refractivity contribution in [1.82, 2.24) is 30.1 Å². The van der Waals surface area contributed by atoms with Gasteiger partial charge in [-0.25, -0.2) is 14.3 Å². The maximum atomic E-state index is 10.7. The lowest BCUT2D eigenvalue weighted by Crippen LogP contribution is -2.20. The first-order chi connectivity index (χ1) is 12.6. The highest BCUT2D eigenvalue weighted by molar-refractivity contribution is 5.81. The first-order valence-electron chi connectivity index (χ1n) is 8.01. The Bertz CT molecular complexity index is 1080. The zero-order valence-corrected chi connectivity index (χ0v) is 14.0. The van der Waals surface area contributed by atoms with Gasteiger partial charge in [-0.3, -0.25) is 5.10 Å². The molecule has 0 aliphatic carbocycles. The van der Waals surface area contributed by atoms with Crippen molar-refractivity contribution in [2.75, 3.05) is 0 Å². The molecule has 3 N–H and O–H groups in total. The number of aromatic nitrogens is 5. The molecule has 8 nitrogen and oxygen atoms in total. The fraction of sp³-hybridized carbons (Fsp3) is 0.111. The van der Waals surface area contributed by atoms with Crippen LogP contribution in [-0.2, 0) is 6.54 Å². The fourth-order valence-corrected chi connectivity index (χ4v) is 2.93. The second-order valence-corrected chi connectivity index (χ2v) is 5.95. The first kappa shape index (κ1) is 15.8. The number of aryl methyl sites for hydroxylation is 1. The van der Waals surface area contributed by atoms with Crippen molar-refractivity contribution >= 4 is 11.6 Å². The van der Waals surface area contributed by atoms with E-state index in [0.29, 0.717) is 0 Å². The Labute approximate surface area is 148 Å². The van der Waals surface area contributed by atoms with Gasteiger partial charge in [0.05, 0.1) is 17.4 Å². The Morgan fingerprint density at radius 1 is 1.27 bits per heavy atom. The van der Waals surface area contributed by atoms with Gasteiger partial charge in [-0.1, -0.05) is 12.1 Å². The highest BCUT2D eigenvalue weighted by Gasteiger charge is 2.12. The van der Waals surface area contributed by atoms with Crippen LogP contribution < -0.4 is 5.32 Å². The Morgan fingerprint density at radius 2 is 2.15 bits per heavy atom. The topological polar surface area (TPSA) is 108 Å². The van der Waals surface area contributed by atoms with Gasteiger partial charge in [0.15, 0.2) is 0 Å². The smallest absolute Gasteiger partial charge is 0.404 e. The molecule has 0 saturated carbocycles. The summed E-state index contributed by atoms with van der Waals surface area (Å²) in [5.41, 5.74) is 6.55. The minimum atomic E-state index is -1.04. The molecule has 4 aromatic rings. The molecule has 0 atom stereocenters. The van der Waals surface area contributed by atoms with Gasteiger partial charge in [0.1, 0.15) is 6.33 Å². The van der Waals surface area contributed by atoms with Crippen LogP contribution in [0, 0.1) is 6.92 Å². The van der Waals surface area contributed by atoms with Crippen molar-refractivity contribution in [1.29, 1.82) is 0 Å². The van der Waals surface area contributed by atoms with Gasteiger partial charge in [-0.2, -0.15) is 10.2 Å². The lowest BCUT2D eigenvalue weighted by molar-refractivity contribution is 0.194. The molecular weight excluding hydrogens is 332 g/mol. The van der Waals surface area contributed by atoms with E-state index >= 15 is 0 Å². The molecule has 0 unspecified atom stereocenters. The normalized spacial score (nSPS) is 11.0. The van der Waals surface area contributed by atoms with Crippen molar-refractivity contribution in [3.63, 3.8) is 0 Å². The third kappa shape index (κ3) is 2.88. The molecule has 0 aliphatic rings. The maximum absolute atomic E-state index is 10.7. The van der Waals surface area contributed by atoms with E-state index in [0.717, 1.165) is 39.0 Å². The van der Waals surface area contributed by atoms with E-state index in [2.05, 4.69) is 25.6 Å². The van der Waals surface area contributed by atoms with E-state index < -0.39 is 6.09 Å². The zero-order valence-electron chi connectivity index (χ0n) is 14.0. The van der Waals surface area contributed by atoms with Crippen LogP contribution in [0.1, 0.15) is 11.1 Å². The van der Waals surface area contributed by atoms with Gasteiger partial charge in [-0.15, -0.1) is 0 Å². The van der Waals surface area contributed by atoms with Gasteiger partial charge < -0.3 is 10.4 Å². The summed E-state index contributed by atoms with van der Waals surface area (Å²) in [5.74, 6) is 0. The number of fused-ring (bicyclic) bond motifs is 1. The first-order valence-corrected chi connectivity index (χ1v) is 8.01. The van der Waals surface area contributed by atoms with Crippen molar-refractivity contribution in [3.8, 4) is 22.4 Å². The van der Waals surface area contributed by atoms with Gasteiger partial charge in [-0.05, 0) is 30.2 Å². The van der Waals surface area contributed by atoms with E-state index in [1.807, 2.05) is 43.6 Å². The monoisotopic (exact) mass is 348 g/mol. The van der Waals surface area contributed by atoms with Crippen LogP contribution in [0.4, 0.5) is 4.79 Å². The molecule has 0 fully saturated rings. The van der Waals surface area contributed by atoms with E-state index in [4.69, 9.17) is 5.11 Å². The molecule has 1 amide bonds. The van der Waals surface area contributed by atoms with Crippen LogP contribution in [0.2, 0.25) is 0 Å². The highest BCUT2D eigenvalue weighted by atomic mass is 16.4. The lowest BCUT2D eigenvalue weighted by Gasteiger charge is -2.09. The fourth-order valence-electron chi connectivity index (χ4n) is 2.93. The van der Waals surface area contributed by atoms with Crippen LogP contribution >= 0.6 is 0 Å². The minimum Gasteiger partial charge on any atom is -0.465 e. The van der Waals surface area contributed by atoms with Crippen LogP contribution in [0.3, 0.4) is 0 Å². The third-order valence-electron chi connectivity index (χ3n) is 4.28. The molecule has 0 aliphatic heterocycles. The number of hydrogen-bond acceptors (Lipinski definition) is 4. The molecular formula is C18H16N6O2. The number of carboxylic acid groups (broad SMARTS) is 1. The largest absolute Gasteiger partial charge is 0.465 e. The quantitative estimate of drug-likeness (QED) is 0.525. The summed E-state index contributed by atoms with van der Waals surface area (Å²) in [6.45, 7) is 2.23. The van der Waals surface area contributed by atoms with Crippen LogP contribution in [-0.4, -0.2) is 36.0 Å². The number of aromatic amines is 1. The summed E-state index contributed by atoms with van der Waals surface area (Å²) in [5, 5.41) is 22.2. The predicted octanol–water partition coefficient (Wildman–Crippen LogP) is 2.86. The van der Waals surface area contributed by atoms with Gasteiger partial charge in [0.2, 0.25) is 0 Å². The summed E-state index contributed by atoms with van der Waals surface area (Å²) in [4.78, 5) is 15.1. The molecule has 3 aromatic heterocycles. The molecule has 130 valence electrons. The Morgan fingerprint density at radius 3 is 2.88 bits per heavy atom. The number of carbonyl (C=O) groups is 1. The molecule has 3 heterocycles. The van der Waals surface area contributed by atoms with E-state index in [-0.39, 0.29) is 6.54 Å². The Balaban J connectivity index is 1.74. The average molecular weight is 348 g/mol. The van der Waals surface area contributed by atoms with Crippen LogP contribution in [0.15, 0.2) is 49.2 Å². The molecule has 0 bridgehead atoms. The Hall–Kier alpha value is -3.68. The summed E-state index contributed by atoms with van der Waals surface area (Å²) >= 11 is 0. The van der Waals surface area contributed by atoms with Crippen molar-refractivity contribution < 1.29 is 9.90 Å². The second-order valence-electron chi connectivity index (χ2n) is 5.95. The summed E-state index contributed by atoms with van der Waals surface area (Å²) < 4.78 is 1.79. The molecule has 1 aromatic carbocycles. The SMILES string of the molecule is Cc1cc(-c2ncnn3cc(-c4cn[nH]c4)cc23)ccc1CNC(=O)O. The van der Waals surface area contributed by atoms with Gasteiger partial charge in [0.25, 0.3) is 0 Å². The number of rotatable bonds is 4. The average Bonchev–Trinajstić information content (AvgIpc) is 3.29. The lowest BCUT2D eigenvalue weighted by atomic mass is 10.0. The van der Waals surface area contributed by atoms with E-state index in [1.165, 1.54) is 6.33 Å². The Kier molecular flexibility index (Phi) is 3.85. The number of amides is 1. The molecule has 0 spiro atoms. The molecule has 4 rings (SSSR count). The predicted molar refractivity (Wildman–Crippen MR) is 95.6 cm³/mol. The summed E-state index contributed by atoms with van der Waals surface area (Å²) in [7, 11) is 0. The van der Waals surface area contributed by atoms with Crippen molar-refractivity contribution in [2.45, 2.75) is 13.5 Å². The molecule has 8 heteroatoms. The molecule has 0 saturated heterocycles. The summed E-state index contributed by atoms with van der Waals surface area (Å²) in [6.07, 6.45) is 6.01.